The highest BCUT2D eigenvalue weighted by Crippen LogP contribution is 2.38. The maximum atomic E-state index is 14.6. The van der Waals surface area contributed by atoms with Crippen LogP contribution >= 0.6 is 50.1 Å². The van der Waals surface area contributed by atoms with Crippen molar-refractivity contribution in [3.05, 3.63) is 54.5 Å². The maximum Gasteiger partial charge on any atom is 0.277 e. The number of amides is 1. The van der Waals surface area contributed by atoms with E-state index >= 15 is 0 Å². The van der Waals surface area contributed by atoms with Crippen LogP contribution in [0.25, 0.3) is 0 Å². The van der Waals surface area contributed by atoms with Gasteiger partial charge in [-0.1, -0.05) is 11.6 Å². The van der Waals surface area contributed by atoms with Crippen molar-refractivity contribution in [3.8, 4) is 0 Å². The van der Waals surface area contributed by atoms with E-state index in [1.807, 2.05) is 0 Å². The van der Waals surface area contributed by atoms with Gasteiger partial charge in [-0.15, -0.1) is 0 Å². The number of hydrogen-bond donors (Lipinski definition) is 3. The van der Waals surface area contributed by atoms with Crippen molar-refractivity contribution in [2.75, 3.05) is 11.9 Å². The molecule has 1 amide bonds. The molecule has 1 fully saturated rings. The number of hydrogen-bond acceptors (Lipinski definition) is 4. The highest BCUT2D eigenvalue weighted by Gasteiger charge is 2.45. The Labute approximate surface area is 180 Å². The second-order valence-electron chi connectivity index (χ2n) is 6.03. The van der Waals surface area contributed by atoms with E-state index in [0.29, 0.717) is 18.5 Å². The molecule has 0 atom stereocenters. The first kappa shape index (κ1) is 20.7. The van der Waals surface area contributed by atoms with Gasteiger partial charge in [-0.25, -0.2) is 14.3 Å². The van der Waals surface area contributed by atoms with E-state index in [9.17, 15) is 18.7 Å². The van der Waals surface area contributed by atoms with Gasteiger partial charge in [0.1, 0.15) is 5.60 Å². The topological polar surface area (TPSA) is 70.6 Å². The lowest BCUT2D eigenvalue weighted by atomic mass is 10.1. The van der Waals surface area contributed by atoms with Crippen LogP contribution in [0.15, 0.2) is 28.7 Å². The van der Waals surface area contributed by atoms with Crippen molar-refractivity contribution < 1.29 is 23.5 Å². The normalized spacial score (nSPS) is 14.7. The summed E-state index contributed by atoms with van der Waals surface area (Å²) in [4.78, 5) is 17.7. The Balaban J connectivity index is 1.93. The van der Waals surface area contributed by atoms with E-state index in [1.165, 1.54) is 0 Å². The van der Waals surface area contributed by atoms with E-state index in [2.05, 4.69) is 49.3 Å². The average Bonchev–Trinajstić information content (AvgIpc) is 3.42. The molecule has 0 spiro atoms. The number of halogens is 5. The van der Waals surface area contributed by atoms with Gasteiger partial charge in [0.2, 0.25) is 0 Å². The smallest absolute Gasteiger partial charge is 0.277 e. The fraction of sp³-hybridized carbons (Fsp3) is 0.235. The summed E-state index contributed by atoms with van der Waals surface area (Å²) in [5.41, 5.74) is 1.12. The largest absolute Gasteiger partial charge is 0.393 e. The second kappa shape index (κ2) is 8.16. The molecule has 10 heteroatoms. The van der Waals surface area contributed by atoms with E-state index in [0.717, 1.165) is 9.64 Å². The molecule has 0 radical (unpaired) electrons. The van der Waals surface area contributed by atoms with Gasteiger partial charge in [-0.05, 0) is 75.6 Å². The minimum Gasteiger partial charge on any atom is -0.393 e. The summed E-state index contributed by atoms with van der Waals surface area (Å²) >= 11 is 11.1. The number of nitrogens with one attached hydrogen (secondary N) is 2. The highest BCUT2D eigenvalue weighted by molar-refractivity contribution is 14.1. The second-order valence-corrected chi connectivity index (χ2v) is 8.54. The third-order valence-electron chi connectivity index (χ3n) is 4.05. The summed E-state index contributed by atoms with van der Waals surface area (Å²) in [6, 6.07) is 6.09. The van der Waals surface area contributed by atoms with Gasteiger partial charge >= 0.3 is 0 Å². The number of carbonyl (C=O) groups excluding carboxylic acids is 1. The average molecular weight is 574 g/mol. The van der Waals surface area contributed by atoms with Crippen molar-refractivity contribution in [1.82, 2.24) is 5.48 Å². The molecule has 0 saturated heterocycles. The molecule has 0 aliphatic heterocycles. The van der Waals surface area contributed by atoms with Crippen molar-refractivity contribution in [3.63, 3.8) is 0 Å². The van der Waals surface area contributed by atoms with Crippen LogP contribution in [0.4, 0.5) is 20.2 Å². The van der Waals surface area contributed by atoms with E-state index in [4.69, 9.17) is 16.4 Å². The number of anilines is 2. The lowest BCUT2D eigenvalue weighted by molar-refractivity contribution is -0.0566. The fourth-order valence-electron chi connectivity index (χ4n) is 2.26. The molecule has 1 aliphatic rings. The summed E-state index contributed by atoms with van der Waals surface area (Å²) in [7, 11) is 0. The fourth-order valence-corrected chi connectivity index (χ4v) is 3.57. The van der Waals surface area contributed by atoms with Crippen LogP contribution in [-0.4, -0.2) is 23.2 Å². The molecule has 0 unspecified atom stereocenters. The molecule has 1 aliphatic carbocycles. The quantitative estimate of drug-likeness (QED) is 0.261. The van der Waals surface area contributed by atoms with Gasteiger partial charge in [0.15, 0.2) is 11.6 Å². The standard InChI is InChI=1S/C17H13BrClF2IN2O3/c18-10-6-9(16(26)24-27-17(7-25)3-4-17)15(14(21)13(10)20)23-12-2-1-8(22)5-11(12)19/h1-2,5-6,23,25H,3-4,7H2,(H,24,26). The molecule has 27 heavy (non-hydrogen) atoms. The summed E-state index contributed by atoms with van der Waals surface area (Å²) in [5.74, 6) is -3.18. The third kappa shape index (κ3) is 4.53. The van der Waals surface area contributed by atoms with E-state index in [-0.39, 0.29) is 27.4 Å². The zero-order valence-electron chi connectivity index (χ0n) is 13.6. The number of carbonyl (C=O) groups is 1. The maximum absolute atomic E-state index is 14.6. The van der Waals surface area contributed by atoms with Gasteiger partial charge in [-0.2, -0.15) is 0 Å². The first-order valence-electron chi connectivity index (χ1n) is 7.75. The molecule has 0 bridgehead atoms. The van der Waals surface area contributed by atoms with E-state index in [1.54, 1.807) is 18.2 Å². The zero-order chi connectivity index (χ0) is 19.8. The molecule has 1 saturated carbocycles. The Kier molecular flexibility index (Phi) is 6.26. The Morgan fingerprint density at radius 3 is 2.63 bits per heavy atom. The first-order chi connectivity index (χ1) is 12.8. The van der Waals surface area contributed by atoms with Crippen molar-refractivity contribution in [2.24, 2.45) is 0 Å². The van der Waals surface area contributed by atoms with Gasteiger partial charge < -0.3 is 10.4 Å². The lowest BCUT2D eigenvalue weighted by Crippen LogP contribution is -2.33. The Hall–Kier alpha value is -1.01. The molecule has 3 rings (SSSR count). The highest BCUT2D eigenvalue weighted by atomic mass is 127. The van der Waals surface area contributed by atoms with Crippen LogP contribution in [0.3, 0.4) is 0 Å². The summed E-state index contributed by atoms with van der Waals surface area (Å²) < 4.78 is 29.3. The van der Waals surface area contributed by atoms with Gasteiger partial charge in [0, 0.05) is 3.57 Å². The van der Waals surface area contributed by atoms with E-state index < -0.39 is 23.1 Å². The number of rotatable bonds is 6. The lowest BCUT2D eigenvalue weighted by Gasteiger charge is -2.17. The minimum atomic E-state index is -1.24. The van der Waals surface area contributed by atoms with Crippen LogP contribution in [0.2, 0.25) is 5.02 Å². The van der Waals surface area contributed by atoms with Gasteiger partial charge in [-0.3, -0.25) is 9.63 Å². The number of aliphatic hydroxyl groups is 1. The molecule has 3 N–H and O–H groups in total. The molecule has 144 valence electrons. The van der Waals surface area contributed by atoms with Crippen molar-refractivity contribution in [1.29, 1.82) is 0 Å². The first-order valence-corrected chi connectivity index (χ1v) is 10.00. The van der Waals surface area contributed by atoms with Crippen LogP contribution in [0.1, 0.15) is 23.2 Å². The molecule has 0 heterocycles. The predicted molar refractivity (Wildman–Crippen MR) is 109 cm³/mol. The molecule has 5 nitrogen and oxygen atoms in total. The summed E-state index contributed by atoms with van der Waals surface area (Å²) in [5, 5.41) is 12.2. The molecular weight excluding hydrogens is 560 g/mol. The molecule has 2 aromatic carbocycles. The number of aliphatic hydroxyl groups excluding tert-OH is 1. The summed E-state index contributed by atoms with van der Waals surface area (Å²) in [6.45, 7) is -0.252. The third-order valence-corrected chi connectivity index (χ3v) is 5.61. The number of benzene rings is 2. The van der Waals surface area contributed by atoms with Gasteiger partial charge in [0.25, 0.3) is 5.91 Å². The minimum absolute atomic E-state index is 0.191. The Morgan fingerprint density at radius 1 is 1.33 bits per heavy atom. The molecule has 0 aromatic heterocycles. The predicted octanol–water partition coefficient (Wildman–Crippen LogP) is 4.92. The Bertz CT molecular complexity index is 912. The van der Waals surface area contributed by atoms with Crippen molar-refractivity contribution >= 4 is 67.4 Å². The molecular formula is C17H13BrClF2IN2O3. The van der Waals surface area contributed by atoms with Crippen LogP contribution in [0, 0.1) is 15.2 Å². The SMILES string of the molecule is O=C(NOC1(CO)CC1)c1cc(Br)c(F)c(F)c1Nc1ccc(I)cc1Cl. The molecule has 2 aromatic rings. The number of hydroxylamine groups is 1. The van der Waals surface area contributed by atoms with Gasteiger partial charge in [0.05, 0.1) is 33.0 Å². The summed E-state index contributed by atoms with van der Waals surface area (Å²) in [6.07, 6.45) is 1.18. The Morgan fingerprint density at radius 2 is 2.04 bits per heavy atom. The van der Waals surface area contributed by atoms with Crippen LogP contribution in [0.5, 0.6) is 0 Å². The zero-order valence-corrected chi connectivity index (χ0v) is 18.1. The van der Waals surface area contributed by atoms with Crippen LogP contribution in [-0.2, 0) is 4.84 Å². The monoisotopic (exact) mass is 572 g/mol. The van der Waals surface area contributed by atoms with Crippen LogP contribution < -0.4 is 10.8 Å². The van der Waals surface area contributed by atoms with Crippen molar-refractivity contribution in [2.45, 2.75) is 18.4 Å².